The van der Waals surface area contributed by atoms with Crippen LogP contribution in [0.5, 0.6) is 5.75 Å². The predicted molar refractivity (Wildman–Crippen MR) is 117 cm³/mol. The summed E-state index contributed by atoms with van der Waals surface area (Å²) in [7, 11) is 1.66. The molecule has 6 rings (SSSR count). The van der Waals surface area contributed by atoms with Gasteiger partial charge in [-0.3, -0.25) is 0 Å². The molecular weight excluding hydrogens is 428 g/mol. The van der Waals surface area contributed by atoms with Crippen LogP contribution in [0.1, 0.15) is 51.5 Å². The Hall–Kier alpha value is -1.26. The summed E-state index contributed by atoms with van der Waals surface area (Å²) in [6, 6.07) is 7.37. The summed E-state index contributed by atoms with van der Waals surface area (Å²) < 4.78 is 17.8. The minimum Gasteiger partial charge on any atom is -0.462 e. The minimum atomic E-state index is -1.42. The van der Waals surface area contributed by atoms with E-state index in [0.29, 0.717) is 17.6 Å². The first-order chi connectivity index (χ1) is 15.8. The summed E-state index contributed by atoms with van der Waals surface area (Å²) in [5.74, 6) is 1.76. The van der Waals surface area contributed by atoms with E-state index in [-0.39, 0.29) is 6.10 Å². The molecule has 5 aliphatic rings. The van der Waals surface area contributed by atoms with E-state index in [2.05, 4.69) is 0 Å². The van der Waals surface area contributed by atoms with Gasteiger partial charge in [0.15, 0.2) is 5.60 Å². The Morgan fingerprint density at radius 3 is 2.21 bits per heavy atom. The van der Waals surface area contributed by atoms with Gasteiger partial charge < -0.3 is 29.5 Å². The van der Waals surface area contributed by atoms with Gasteiger partial charge in [0.25, 0.3) is 5.79 Å². The summed E-state index contributed by atoms with van der Waals surface area (Å²) in [6.45, 7) is 3.01. The van der Waals surface area contributed by atoms with Gasteiger partial charge in [-0.2, -0.15) is 4.89 Å². The van der Waals surface area contributed by atoms with Crippen molar-refractivity contribution in [1.82, 2.24) is 0 Å². The molecule has 0 aromatic heterocycles. The molecule has 4 saturated carbocycles. The van der Waals surface area contributed by atoms with Crippen molar-refractivity contribution >= 4 is 0 Å². The van der Waals surface area contributed by atoms with Crippen molar-refractivity contribution in [3.05, 3.63) is 29.8 Å². The van der Waals surface area contributed by atoms with Crippen LogP contribution in [0.25, 0.3) is 0 Å². The van der Waals surface area contributed by atoms with Gasteiger partial charge in [0.2, 0.25) is 6.29 Å². The third kappa shape index (κ3) is 3.62. The van der Waals surface area contributed by atoms with Gasteiger partial charge in [0.05, 0.1) is 12.7 Å². The summed E-state index contributed by atoms with van der Waals surface area (Å²) in [5, 5.41) is 29.6. The number of aliphatic hydroxyl groups is 3. The molecule has 1 aromatic carbocycles. The quantitative estimate of drug-likeness (QED) is 0.378. The average molecular weight is 465 g/mol. The third-order valence-electron chi connectivity index (χ3n) is 8.18. The molecule has 0 amide bonds. The van der Waals surface area contributed by atoms with Crippen molar-refractivity contribution in [2.45, 2.75) is 81.9 Å². The van der Waals surface area contributed by atoms with Gasteiger partial charge in [-0.15, -0.1) is 0 Å². The maximum absolute atomic E-state index is 10.4. The molecule has 4 aliphatic carbocycles. The van der Waals surface area contributed by atoms with Crippen molar-refractivity contribution < 1.29 is 39.3 Å². The summed E-state index contributed by atoms with van der Waals surface area (Å²) in [5.41, 5.74) is 0.288. The summed E-state index contributed by atoms with van der Waals surface area (Å²) in [4.78, 5) is 11.9. The van der Waals surface area contributed by atoms with Gasteiger partial charge >= 0.3 is 0 Å². The van der Waals surface area contributed by atoms with Gasteiger partial charge in [-0.1, -0.05) is 12.1 Å². The maximum atomic E-state index is 10.4. The van der Waals surface area contributed by atoms with Crippen LogP contribution in [0.4, 0.5) is 0 Å². The second-order valence-electron chi connectivity index (χ2n) is 10.5. The average Bonchev–Trinajstić information content (AvgIpc) is 2.77. The molecule has 1 aromatic rings. The SMILES string of the molecule is COC1(c2cccc(OC(OC(C)C)[C@@H](O)C(O)CO)c2)OOC12C1CC3CC(C1)CC2C3. The molecule has 3 unspecified atom stereocenters. The van der Waals surface area contributed by atoms with Crippen LogP contribution in [-0.2, 0) is 25.0 Å². The van der Waals surface area contributed by atoms with E-state index in [4.69, 9.17) is 24.0 Å². The zero-order valence-corrected chi connectivity index (χ0v) is 19.6. The molecule has 184 valence electrons. The molecule has 4 bridgehead atoms. The molecule has 4 atom stereocenters. The first kappa shape index (κ1) is 23.5. The van der Waals surface area contributed by atoms with E-state index >= 15 is 0 Å². The highest BCUT2D eigenvalue weighted by atomic mass is 17.3. The maximum Gasteiger partial charge on any atom is 0.260 e. The van der Waals surface area contributed by atoms with E-state index < -0.39 is 36.5 Å². The third-order valence-corrected chi connectivity index (χ3v) is 8.18. The number of benzene rings is 1. The van der Waals surface area contributed by atoms with E-state index in [0.717, 1.165) is 43.1 Å². The van der Waals surface area contributed by atoms with Crippen LogP contribution in [0.3, 0.4) is 0 Å². The van der Waals surface area contributed by atoms with Gasteiger partial charge in [-0.05, 0) is 81.8 Å². The number of rotatable bonds is 9. The van der Waals surface area contributed by atoms with Crippen LogP contribution >= 0.6 is 0 Å². The Labute approximate surface area is 194 Å². The molecule has 8 nitrogen and oxygen atoms in total. The summed E-state index contributed by atoms with van der Waals surface area (Å²) in [6.07, 6.45) is 1.70. The molecular formula is C25H36O8. The van der Waals surface area contributed by atoms with Crippen LogP contribution in [0.15, 0.2) is 24.3 Å². The lowest BCUT2D eigenvalue weighted by molar-refractivity contribution is -0.645. The number of hydrogen-bond donors (Lipinski definition) is 3. The molecule has 1 aliphatic heterocycles. The Bertz CT molecular complexity index is 811. The molecule has 3 N–H and O–H groups in total. The number of aliphatic hydroxyl groups excluding tert-OH is 3. The van der Waals surface area contributed by atoms with Crippen LogP contribution in [0.2, 0.25) is 0 Å². The van der Waals surface area contributed by atoms with Crippen LogP contribution < -0.4 is 4.74 Å². The number of hydrogen-bond acceptors (Lipinski definition) is 8. The molecule has 1 saturated heterocycles. The minimum absolute atomic E-state index is 0.260. The molecule has 1 heterocycles. The molecule has 8 heteroatoms. The van der Waals surface area contributed by atoms with E-state index in [9.17, 15) is 15.3 Å². The zero-order valence-electron chi connectivity index (χ0n) is 19.6. The standard InChI is InChI=1S/C25H36O8/c1-14(2)30-23(22(28)21(27)13-26)31-20-6-4-5-17(12-20)25(29-3)24(32-33-25)18-8-15-7-16(10-18)11-19(24)9-15/h4-6,12,14-16,18-19,21-23,26-28H,7-11,13H2,1-3H3/t15?,16?,18?,19?,21?,22-,23?,24?,25?/m0/s1. The van der Waals surface area contributed by atoms with Crippen molar-refractivity contribution in [3.63, 3.8) is 0 Å². The van der Waals surface area contributed by atoms with E-state index in [1.54, 1.807) is 27.0 Å². The topological polar surface area (TPSA) is 107 Å². The first-order valence-electron chi connectivity index (χ1n) is 12.1. The van der Waals surface area contributed by atoms with Crippen LogP contribution in [-0.4, -0.2) is 59.2 Å². The lowest BCUT2D eigenvalue weighted by Gasteiger charge is -2.68. The first-order valence-corrected chi connectivity index (χ1v) is 12.1. The highest BCUT2D eigenvalue weighted by Gasteiger charge is 2.76. The Morgan fingerprint density at radius 1 is 1.03 bits per heavy atom. The second-order valence-corrected chi connectivity index (χ2v) is 10.5. The van der Waals surface area contributed by atoms with E-state index in [1.807, 2.05) is 18.2 Å². The Kier molecular flexibility index (Phi) is 6.23. The highest BCUT2D eigenvalue weighted by Crippen LogP contribution is 2.69. The van der Waals surface area contributed by atoms with Gasteiger partial charge in [0.1, 0.15) is 18.0 Å². The predicted octanol–water partition coefficient (Wildman–Crippen LogP) is 2.49. The smallest absolute Gasteiger partial charge is 0.260 e. The van der Waals surface area contributed by atoms with Crippen molar-refractivity contribution in [2.75, 3.05) is 13.7 Å². The highest BCUT2D eigenvalue weighted by molar-refractivity contribution is 5.36. The monoisotopic (exact) mass is 464 g/mol. The lowest BCUT2D eigenvalue weighted by atomic mass is 9.47. The normalized spacial score (nSPS) is 39.5. The fraction of sp³-hybridized carbons (Fsp3) is 0.760. The zero-order chi connectivity index (χ0) is 23.4. The van der Waals surface area contributed by atoms with Gasteiger partial charge in [0, 0.05) is 12.7 Å². The second kappa shape index (κ2) is 8.75. The van der Waals surface area contributed by atoms with Crippen molar-refractivity contribution in [2.24, 2.45) is 23.7 Å². The Balaban J connectivity index is 1.43. The largest absolute Gasteiger partial charge is 0.462 e. The van der Waals surface area contributed by atoms with Crippen molar-refractivity contribution in [1.29, 1.82) is 0 Å². The fourth-order valence-corrected chi connectivity index (χ4v) is 7.00. The van der Waals surface area contributed by atoms with Gasteiger partial charge in [-0.25, -0.2) is 4.89 Å². The number of methoxy groups -OCH3 is 1. The molecule has 33 heavy (non-hydrogen) atoms. The summed E-state index contributed by atoms with van der Waals surface area (Å²) >= 11 is 0. The molecule has 5 fully saturated rings. The lowest BCUT2D eigenvalue weighted by Crippen LogP contribution is -2.76. The Morgan fingerprint density at radius 2 is 1.70 bits per heavy atom. The molecule has 0 radical (unpaired) electrons. The fourth-order valence-electron chi connectivity index (χ4n) is 7.00. The van der Waals surface area contributed by atoms with E-state index in [1.165, 1.54) is 6.42 Å². The van der Waals surface area contributed by atoms with Crippen molar-refractivity contribution in [3.8, 4) is 5.75 Å². The van der Waals surface area contributed by atoms with Crippen LogP contribution in [0, 0.1) is 23.7 Å². The molecule has 1 spiro atoms. The number of ether oxygens (including phenoxy) is 3.